The molecule has 7 heteroatoms. The maximum Gasteiger partial charge on any atom is 0.133 e. The van der Waals surface area contributed by atoms with Crippen LogP contribution in [0, 0.1) is 4.91 Å². The highest BCUT2D eigenvalue weighted by atomic mass is 32.2. The number of hydrogen-bond acceptors (Lipinski definition) is 7. The van der Waals surface area contributed by atoms with Crippen LogP contribution in [0.4, 0.5) is 11.4 Å². The van der Waals surface area contributed by atoms with E-state index in [1.807, 2.05) is 6.07 Å². The van der Waals surface area contributed by atoms with E-state index in [1.165, 1.54) is 5.57 Å². The molecule has 2 aromatic rings. The third-order valence-corrected chi connectivity index (χ3v) is 5.49. The summed E-state index contributed by atoms with van der Waals surface area (Å²) in [6.07, 6.45) is 3.02. The number of thioether (sulfide) groups is 1. The fourth-order valence-electron chi connectivity index (χ4n) is 3.12. The fourth-order valence-corrected chi connectivity index (χ4v) is 4.11. The number of benzene rings is 2. The minimum Gasteiger partial charge on any atom is -0.496 e. The Hall–Kier alpha value is -2.25. The van der Waals surface area contributed by atoms with E-state index in [0.29, 0.717) is 28.0 Å². The molecular weight excluding hydrogens is 364 g/mol. The minimum absolute atomic E-state index is 0.128. The van der Waals surface area contributed by atoms with E-state index >= 15 is 0 Å². The van der Waals surface area contributed by atoms with Crippen LogP contribution < -0.4 is 15.0 Å². The van der Waals surface area contributed by atoms with Crippen molar-refractivity contribution in [3.8, 4) is 11.5 Å². The van der Waals surface area contributed by atoms with Crippen LogP contribution >= 0.6 is 11.8 Å². The Morgan fingerprint density at radius 1 is 1.30 bits per heavy atom. The molecule has 2 rings (SSSR count). The fraction of sp³-hybridized carbons (Fsp3) is 0.400. The van der Waals surface area contributed by atoms with E-state index < -0.39 is 0 Å². The summed E-state index contributed by atoms with van der Waals surface area (Å²) in [4.78, 5) is 11.5. The van der Waals surface area contributed by atoms with Crippen molar-refractivity contribution in [3.05, 3.63) is 40.3 Å². The predicted molar refractivity (Wildman–Crippen MR) is 113 cm³/mol. The average molecular weight is 391 g/mol. The summed E-state index contributed by atoms with van der Waals surface area (Å²) in [5.74, 6) is 2.05. The first-order valence-corrected chi connectivity index (χ1v) is 9.77. The van der Waals surface area contributed by atoms with Crippen LogP contribution in [0.25, 0.3) is 10.8 Å². The van der Waals surface area contributed by atoms with Crippen molar-refractivity contribution in [2.75, 3.05) is 25.5 Å². The average Bonchev–Trinajstić information content (AvgIpc) is 2.68. The van der Waals surface area contributed by atoms with Gasteiger partial charge in [-0.25, -0.2) is 0 Å². The van der Waals surface area contributed by atoms with Gasteiger partial charge in [0, 0.05) is 10.8 Å². The second-order valence-corrected chi connectivity index (χ2v) is 7.73. The highest BCUT2D eigenvalue weighted by molar-refractivity contribution is 7.99. The highest BCUT2D eigenvalue weighted by Crippen LogP contribution is 2.49. The lowest BCUT2D eigenvalue weighted by atomic mass is 9.97. The van der Waals surface area contributed by atoms with Crippen molar-refractivity contribution in [3.63, 3.8) is 0 Å². The van der Waals surface area contributed by atoms with Crippen LogP contribution in [0.2, 0.25) is 0 Å². The zero-order valence-electron chi connectivity index (χ0n) is 16.3. The Balaban J connectivity index is 2.87. The molecule has 146 valence electrons. The van der Waals surface area contributed by atoms with Crippen LogP contribution in [0.1, 0.15) is 38.0 Å². The van der Waals surface area contributed by atoms with Crippen molar-refractivity contribution in [2.24, 2.45) is 5.18 Å². The molecule has 0 radical (unpaired) electrons. The smallest absolute Gasteiger partial charge is 0.133 e. The molecule has 0 saturated carbocycles. The first kappa shape index (κ1) is 21.1. The summed E-state index contributed by atoms with van der Waals surface area (Å²) in [5.41, 5.74) is 5.00. The maximum absolute atomic E-state index is 11.5. The number of nitrogens with one attached hydrogen (secondary N) is 1. The van der Waals surface area contributed by atoms with Crippen LogP contribution in [-0.2, 0) is 0 Å². The molecule has 0 aromatic heterocycles. The van der Waals surface area contributed by atoms with E-state index in [2.05, 4.69) is 37.5 Å². The number of ether oxygens (including phenoxy) is 2. The third kappa shape index (κ3) is 4.36. The molecule has 0 aliphatic carbocycles. The first-order valence-electron chi connectivity index (χ1n) is 8.72. The monoisotopic (exact) mass is 390 g/mol. The molecule has 1 atom stereocenters. The summed E-state index contributed by atoms with van der Waals surface area (Å²) < 4.78 is 11.3. The molecule has 2 aromatic carbocycles. The Kier molecular flexibility index (Phi) is 7.50. The summed E-state index contributed by atoms with van der Waals surface area (Å²) >= 11 is 1.80. The zero-order valence-corrected chi connectivity index (χ0v) is 17.1. The number of nitrogens with zero attached hydrogens (tertiary/aromatic N) is 1. The van der Waals surface area contributed by atoms with Crippen LogP contribution in [0.3, 0.4) is 0 Å². The van der Waals surface area contributed by atoms with Crippen molar-refractivity contribution in [1.29, 1.82) is 0 Å². The SMILES string of the molecule is CCSC(CC=C(C)C)c1cc(OC)c2c(NO)ccc(N=O)c2c1OC. The Labute approximate surface area is 163 Å². The minimum atomic E-state index is 0.128. The van der Waals surface area contributed by atoms with Gasteiger partial charge in [0.25, 0.3) is 0 Å². The summed E-state index contributed by atoms with van der Waals surface area (Å²) in [6, 6.07) is 5.06. The lowest BCUT2D eigenvalue weighted by Crippen LogP contribution is -2.02. The van der Waals surface area contributed by atoms with Gasteiger partial charge in [0.05, 0.1) is 30.7 Å². The molecule has 0 amide bonds. The van der Waals surface area contributed by atoms with E-state index in [9.17, 15) is 10.1 Å². The number of anilines is 1. The normalized spacial score (nSPS) is 11.8. The molecule has 0 spiro atoms. The molecule has 1 unspecified atom stereocenters. The maximum atomic E-state index is 11.5. The van der Waals surface area contributed by atoms with Crippen molar-refractivity contribution >= 4 is 33.9 Å². The molecule has 6 nitrogen and oxygen atoms in total. The zero-order chi connectivity index (χ0) is 20.0. The number of fused-ring (bicyclic) bond motifs is 1. The summed E-state index contributed by atoms with van der Waals surface area (Å²) in [5, 5.41) is 13.9. The molecular formula is C20H26N2O4S. The van der Waals surface area contributed by atoms with E-state index in [4.69, 9.17) is 9.47 Å². The second-order valence-electron chi connectivity index (χ2n) is 6.25. The molecule has 2 N–H and O–H groups in total. The topological polar surface area (TPSA) is 80.1 Å². The van der Waals surface area contributed by atoms with Crippen molar-refractivity contribution < 1.29 is 14.7 Å². The van der Waals surface area contributed by atoms with Gasteiger partial charge in [-0.3, -0.25) is 10.7 Å². The predicted octanol–water partition coefficient (Wildman–Crippen LogP) is 6.21. The van der Waals surface area contributed by atoms with Gasteiger partial charge in [0.2, 0.25) is 0 Å². The van der Waals surface area contributed by atoms with Crippen LogP contribution in [-0.4, -0.2) is 25.2 Å². The van der Waals surface area contributed by atoms with E-state index in [-0.39, 0.29) is 10.9 Å². The van der Waals surface area contributed by atoms with E-state index in [1.54, 1.807) is 38.1 Å². The Morgan fingerprint density at radius 3 is 2.56 bits per heavy atom. The van der Waals surface area contributed by atoms with Crippen molar-refractivity contribution in [2.45, 2.75) is 32.4 Å². The molecule has 0 bridgehead atoms. The van der Waals surface area contributed by atoms with Crippen LogP contribution in [0.5, 0.6) is 11.5 Å². The summed E-state index contributed by atoms with van der Waals surface area (Å²) in [7, 11) is 3.14. The van der Waals surface area contributed by atoms with Gasteiger partial charge in [0.15, 0.2) is 0 Å². The largest absolute Gasteiger partial charge is 0.496 e. The first-order chi connectivity index (χ1) is 13.0. The van der Waals surface area contributed by atoms with Crippen LogP contribution in [0.15, 0.2) is 35.0 Å². The number of rotatable bonds is 9. The second kappa shape index (κ2) is 9.62. The molecule has 0 aliphatic heterocycles. The lowest BCUT2D eigenvalue weighted by molar-refractivity contribution is 0.388. The molecule has 0 saturated heterocycles. The Bertz CT molecular complexity index is 848. The number of nitroso groups, excluding NO2 is 1. The van der Waals surface area contributed by atoms with Gasteiger partial charge in [-0.1, -0.05) is 18.6 Å². The summed E-state index contributed by atoms with van der Waals surface area (Å²) in [6.45, 7) is 6.25. The molecule has 27 heavy (non-hydrogen) atoms. The lowest BCUT2D eigenvalue weighted by Gasteiger charge is -2.22. The quantitative estimate of drug-likeness (QED) is 0.301. The molecule has 0 fully saturated rings. The van der Waals surface area contributed by atoms with E-state index in [0.717, 1.165) is 17.7 Å². The standard InChI is InChI=1S/C20H26N2O4S/c1-6-27-17(10-7-12(2)3)13-11-16(25-4)18-14(21-23)8-9-15(22-24)19(18)20(13)26-5/h7-9,11,17,21,23H,6,10H2,1-5H3. The van der Waals surface area contributed by atoms with Gasteiger partial charge < -0.3 is 9.47 Å². The molecule has 0 heterocycles. The Morgan fingerprint density at radius 2 is 2.04 bits per heavy atom. The number of methoxy groups -OCH3 is 2. The van der Waals surface area contributed by atoms with Gasteiger partial charge in [-0.05, 0) is 49.4 Å². The van der Waals surface area contributed by atoms with Crippen molar-refractivity contribution in [1.82, 2.24) is 0 Å². The van der Waals surface area contributed by atoms with Gasteiger partial charge >= 0.3 is 0 Å². The van der Waals surface area contributed by atoms with Gasteiger partial charge in [-0.15, -0.1) is 4.91 Å². The number of allylic oxidation sites excluding steroid dienone is 2. The van der Waals surface area contributed by atoms with Gasteiger partial charge in [0.1, 0.15) is 17.2 Å². The highest BCUT2D eigenvalue weighted by Gasteiger charge is 2.24. The number of hydrogen-bond donors (Lipinski definition) is 2. The van der Waals surface area contributed by atoms with Gasteiger partial charge in [-0.2, -0.15) is 11.8 Å². The third-order valence-electron chi connectivity index (χ3n) is 4.30. The molecule has 0 aliphatic rings.